The standard InChI is InChI=1S/C16H19Cl2N3S/c1-2-20-6-8-21(9-7-20)10-15-19-14(11-22-15)12-4-3-5-13(17)16(12)18/h3-5,11H,2,6-10H2,1H3. The van der Waals surface area contributed by atoms with Gasteiger partial charge in [0.15, 0.2) is 0 Å². The molecule has 1 fully saturated rings. The first-order valence-corrected chi connectivity index (χ1v) is 9.14. The minimum Gasteiger partial charge on any atom is -0.301 e. The number of nitrogens with zero attached hydrogens (tertiary/aromatic N) is 3. The fourth-order valence-corrected chi connectivity index (χ4v) is 3.90. The van der Waals surface area contributed by atoms with Crippen molar-refractivity contribution in [2.75, 3.05) is 32.7 Å². The van der Waals surface area contributed by atoms with Crippen molar-refractivity contribution in [3.63, 3.8) is 0 Å². The quantitative estimate of drug-likeness (QED) is 0.816. The lowest BCUT2D eigenvalue weighted by Gasteiger charge is -2.33. The lowest BCUT2D eigenvalue weighted by molar-refractivity contribution is 0.132. The fraction of sp³-hybridized carbons (Fsp3) is 0.438. The van der Waals surface area contributed by atoms with Crippen molar-refractivity contribution >= 4 is 34.5 Å². The molecular formula is C16H19Cl2N3S. The van der Waals surface area contributed by atoms with Gasteiger partial charge in [0.1, 0.15) is 5.01 Å². The third kappa shape index (κ3) is 3.63. The molecule has 0 amide bonds. The Balaban J connectivity index is 1.68. The van der Waals surface area contributed by atoms with Crippen molar-refractivity contribution in [1.29, 1.82) is 0 Å². The highest BCUT2D eigenvalue weighted by molar-refractivity contribution is 7.09. The molecule has 2 heterocycles. The molecule has 0 atom stereocenters. The summed E-state index contributed by atoms with van der Waals surface area (Å²) in [5.74, 6) is 0. The molecule has 0 radical (unpaired) electrons. The highest BCUT2D eigenvalue weighted by Gasteiger charge is 2.17. The van der Waals surface area contributed by atoms with Gasteiger partial charge in [-0.1, -0.05) is 42.3 Å². The molecule has 0 N–H and O–H groups in total. The molecule has 0 aliphatic carbocycles. The van der Waals surface area contributed by atoms with Crippen LogP contribution in [0.3, 0.4) is 0 Å². The van der Waals surface area contributed by atoms with E-state index in [-0.39, 0.29) is 0 Å². The molecule has 1 aliphatic heterocycles. The Bertz CT molecular complexity index is 636. The van der Waals surface area contributed by atoms with Crippen LogP contribution in [-0.4, -0.2) is 47.5 Å². The van der Waals surface area contributed by atoms with Gasteiger partial charge in [-0.25, -0.2) is 4.98 Å². The zero-order valence-electron chi connectivity index (χ0n) is 12.6. The number of benzene rings is 1. The summed E-state index contributed by atoms with van der Waals surface area (Å²) in [6.07, 6.45) is 0. The minimum atomic E-state index is 0.574. The normalized spacial score (nSPS) is 17.0. The van der Waals surface area contributed by atoms with Crippen LogP contribution in [0.4, 0.5) is 0 Å². The molecule has 3 rings (SSSR count). The van der Waals surface area contributed by atoms with E-state index in [4.69, 9.17) is 28.2 Å². The van der Waals surface area contributed by atoms with Gasteiger partial charge < -0.3 is 4.90 Å². The Labute approximate surface area is 145 Å². The maximum Gasteiger partial charge on any atom is 0.107 e. The topological polar surface area (TPSA) is 19.4 Å². The average Bonchev–Trinajstić information content (AvgIpc) is 2.99. The maximum absolute atomic E-state index is 6.28. The molecule has 1 aromatic carbocycles. The molecule has 0 unspecified atom stereocenters. The van der Waals surface area contributed by atoms with E-state index >= 15 is 0 Å². The van der Waals surface area contributed by atoms with Gasteiger partial charge in [-0.05, 0) is 12.6 Å². The van der Waals surface area contributed by atoms with E-state index in [2.05, 4.69) is 22.1 Å². The zero-order valence-corrected chi connectivity index (χ0v) is 14.9. The number of aromatic nitrogens is 1. The van der Waals surface area contributed by atoms with Crippen molar-refractivity contribution in [1.82, 2.24) is 14.8 Å². The summed E-state index contributed by atoms with van der Waals surface area (Å²) in [5, 5.41) is 4.35. The van der Waals surface area contributed by atoms with E-state index in [0.29, 0.717) is 10.0 Å². The van der Waals surface area contributed by atoms with Gasteiger partial charge in [0.05, 0.1) is 22.3 Å². The number of rotatable bonds is 4. The van der Waals surface area contributed by atoms with Crippen LogP contribution in [0.2, 0.25) is 10.0 Å². The second-order valence-corrected chi connectivity index (χ2v) is 7.17. The molecule has 3 nitrogen and oxygen atoms in total. The largest absolute Gasteiger partial charge is 0.301 e. The summed E-state index contributed by atoms with van der Waals surface area (Å²) < 4.78 is 0. The molecule has 2 aromatic rings. The summed E-state index contributed by atoms with van der Waals surface area (Å²) in [4.78, 5) is 9.68. The third-order valence-electron chi connectivity index (χ3n) is 4.05. The summed E-state index contributed by atoms with van der Waals surface area (Å²) >= 11 is 14.1. The Kier molecular flexibility index (Phi) is 5.37. The minimum absolute atomic E-state index is 0.574. The Morgan fingerprint density at radius 3 is 2.59 bits per heavy atom. The van der Waals surface area contributed by atoms with Gasteiger partial charge in [-0.15, -0.1) is 11.3 Å². The summed E-state index contributed by atoms with van der Waals surface area (Å²) in [7, 11) is 0. The zero-order chi connectivity index (χ0) is 15.5. The number of likely N-dealkylation sites (N-methyl/N-ethyl adjacent to an activating group) is 1. The van der Waals surface area contributed by atoms with Crippen LogP contribution in [0, 0.1) is 0 Å². The molecule has 1 aliphatic rings. The highest BCUT2D eigenvalue weighted by atomic mass is 35.5. The van der Waals surface area contributed by atoms with Gasteiger partial charge >= 0.3 is 0 Å². The number of piperazine rings is 1. The average molecular weight is 356 g/mol. The molecule has 118 valence electrons. The first-order valence-electron chi connectivity index (χ1n) is 7.51. The predicted octanol–water partition coefficient (Wildman–Crippen LogP) is 4.25. The Morgan fingerprint density at radius 1 is 1.14 bits per heavy atom. The summed E-state index contributed by atoms with van der Waals surface area (Å²) in [5.41, 5.74) is 1.83. The molecule has 22 heavy (non-hydrogen) atoms. The van der Waals surface area contributed by atoms with Crippen molar-refractivity contribution in [3.8, 4) is 11.3 Å². The highest BCUT2D eigenvalue weighted by Crippen LogP contribution is 2.34. The lowest BCUT2D eigenvalue weighted by Crippen LogP contribution is -2.45. The SMILES string of the molecule is CCN1CCN(Cc2nc(-c3cccc(Cl)c3Cl)cs2)CC1. The summed E-state index contributed by atoms with van der Waals surface area (Å²) in [6, 6.07) is 5.67. The van der Waals surface area contributed by atoms with Crippen molar-refractivity contribution in [2.24, 2.45) is 0 Å². The number of hydrogen-bond acceptors (Lipinski definition) is 4. The predicted molar refractivity (Wildman–Crippen MR) is 95.0 cm³/mol. The monoisotopic (exact) mass is 355 g/mol. The van der Waals surface area contributed by atoms with Crippen LogP contribution in [0.1, 0.15) is 11.9 Å². The van der Waals surface area contributed by atoms with Crippen molar-refractivity contribution in [3.05, 3.63) is 38.6 Å². The van der Waals surface area contributed by atoms with Crippen LogP contribution in [0.25, 0.3) is 11.3 Å². The van der Waals surface area contributed by atoms with Crippen molar-refractivity contribution in [2.45, 2.75) is 13.5 Å². The lowest BCUT2D eigenvalue weighted by atomic mass is 10.2. The maximum atomic E-state index is 6.28. The first-order chi connectivity index (χ1) is 10.7. The van der Waals surface area contributed by atoms with E-state index in [9.17, 15) is 0 Å². The molecule has 1 aromatic heterocycles. The number of hydrogen-bond donors (Lipinski definition) is 0. The van der Waals surface area contributed by atoms with Gasteiger partial charge in [-0.3, -0.25) is 4.90 Å². The number of halogens is 2. The van der Waals surface area contributed by atoms with Crippen LogP contribution in [-0.2, 0) is 6.54 Å². The Hall–Kier alpha value is -0.650. The Morgan fingerprint density at radius 2 is 1.86 bits per heavy atom. The molecule has 6 heteroatoms. The van der Waals surface area contributed by atoms with Crippen LogP contribution < -0.4 is 0 Å². The second-order valence-electron chi connectivity index (χ2n) is 5.44. The van der Waals surface area contributed by atoms with Gasteiger partial charge in [0.2, 0.25) is 0 Å². The van der Waals surface area contributed by atoms with E-state index in [0.717, 1.165) is 55.5 Å². The molecular weight excluding hydrogens is 337 g/mol. The van der Waals surface area contributed by atoms with Crippen LogP contribution in [0.5, 0.6) is 0 Å². The molecule has 1 saturated heterocycles. The van der Waals surface area contributed by atoms with Gasteiger partial charge in [0.25, 0.3) is 0 Å². The van der Waals surface area contributed by atoms with E-state index in [1.54, 1.807) is 17.4 Å². The molecule has 0 saturated carbocycles. The van der Waals surface area contributed by atoms with Crippen LogP contribution in [0.15, 0.2) is 23.6 Å². The fourth-order valence-electron chi connectivity index (χ4n) is 2.66. The van der Waals surface area contributed by atoms with Gasteiger partial charge in [-0.2, -0.15) is 0 Å². The molecule has 0 bridgehead atoms. The van der Waals surface area contributed by atoms with E-state index < -0.39 is 0 Å². The van der Waals surface area contributed by atoms with E-state index in [1.807, 2.05) is 12.1 Å². The summed E-state index contributed by atoms with van der Waals surface area (Å²) in [6.45, 7) is 8.80. The third-order valence-corrected chi connectivity index (χ3v) is 5.70. The number of thiazole rings is 1. The molecule has 0 spiro atoms. The first kappa shape index (κ1) is 16.2. The van der Waals surface area contributed by atoms with E-state index in [1.165, 1.54) is 0 Å². The smallest absolute Gasteiger partial charge is 0.107 e. The van der Waals surface area contributed by atoms with Crippen molar-refractivity contribution < 1.29 is 0 Å². The second kappa shape index (κ2) is 7.28. The van der Waals surface area contributed by atoms with Gasteiger partial charge in [0, 0.05) is 37.1 Å². The van der Waals surface area contributed by atoms with Crippen LogP contribution >= 0.6 is 34.5 Å².